The van der Waals surface area contributed by atoms with E-state index < -0.39 is 5.91 Å². The molecule has 0 fully saturated rings. The van der Waals surface area contributed by atoms with Crippen molar-refractivity contribution in [2.24, 2.45) is 0 Å². The normalized spacial score (nSPS) is 10.9. The highest BCUT2D eigenvalue weighted by Gasteiger charge is 2.13. The number of carbonyl (C=O) groups excluding carboxylic acids is 1. The summed E-state index contributed by atoms with van der Waals surface area (Å²) >= 11 is 1.30. The summed E-state index contributed by atoms with van der Waals surface area (Å²) < 4.78 is 17.1. The molecule has 0 saturated heterocycles. The summed E-state index contributed by atoms with van der Waals surface area (Å²) in [6.07, 6.45) is 1.49. The lowest BCUT2D eigenvalue weighted by molar-refractivity contribution is -0.112. The van der Waals surface area contributed by atoms with Crippen LogP contribution in [0.5, 0.6) is 17.2 Å². The zero-order valence-corrected chi connectivity index (χ0v) is 19.8. The number of methoxy groups -OCH3 is 1. The van der Waals surface area contributed by atoms with E-state index in [1.54, 1.807) is 18.2 Å². The van der Waals surface area contributed by atoms with Gasteiger partial charge in [-0.25, -0.2) is 4.98 Å². The van der Waals surface area contributed by atoms with Crippen molar-refractivity contribution in [3.8, 4) is 23.3 Å². The first-order valence-electron chi connectivity index (χ1n) is 10.3. The van der Waals surface area contributed by atoms with E-state index in [1.165, 1.54) is 24.5 Å². The van der Waals surface area contributed by atoms with Crippen molar-refractivity contribution < 1.29 is 19.0 Å². The maximum absolute atomic E-state index is 12.4. The second-order valence-corrected chi connectivity index (χ2v) is 8.10. The van der Waals surface area contributed by atoms with Crippen molar-refractivity contribution in [2.75, 3.05) is 25.6 Å². The van der Waals surface area contributed by atoms with Crippen LogP contribution in [0.2, 0.25) is 0 Å². The van der Waals surface area contributed by atoms with Gasteiger partial charge in [-0.1, -0.05) is 24.3 Å². The van der Waals surface area contributed by atoms with Crippen LogP contribution >= 0.6 is 11.3 Å². The number of hydrogen-bond donors (Lipinski definition) is 1. The molecule has 1 aromatic heterocycles. The highest BCUT2D eigenvalue weighted by molar-refractivity contribution is 7.13. The van der Waals surface area contributed by atoms with E-state index in [4.69, 9.17) is 14.2 Å². The van der Waals surface area contributed by atoms with E-state index in [0.29, 0.717) is 35.4 Å². The van der Waals surface area contributed by atoms with Gasteiger partial charge in [0, 0.05) is 5.38 Å². The minimum Gasteiger partial charge on any atom is -0.493 e. The van der Waals surface area contributed by atoms with E-state index in [0.717, 1.165) is 22.6 Å². The van der Waals surface area contributed by atoms with E-state index in [1.807, 2.05) is 50.4 Å². The SMILES string of the molecule is COc1cc(/C=C(\C#N)C(=O)Nc2nc(C)cs2)ccc1OCCOc1c(C)cccc1C. The predicted octanol–water partition coefficient (Wildman–Crippen LogP) is 5.08. The van der Waals surface area contributed by atoms with Crippen LogP contribution in [-0.4, -0.2) is 31.2 Å². The van der Waals surface area contributed by atoms with E-state index in [-0.39, 0.29) is 5.57 Å². The van der Waals surface area contributed by atoms with Gasteiger partial charge in [-0.05, 0) is 55.7 Å². The van der Waals surface area contributed by atoms with Gasteiger partial charge < -0.3 is 14.2 Å². The van der Waals surface area contributed by atoms with Gasteiger partial charge in [0.05, 0.1) is 12.8 Å². The molecule has 0 bridgehead atoms. The molecular formula is C25H25N3O4S. The van der Waals surface area contributed by atoms with Crippen LogP contribution in [0.4, 0.5) is 5.13 Å². The zero-order valence-electron chi connectivity index (χ0n) is 19.0. The number of nitrogens with one attached hydrogen (secondary N) is 1. The molecule has 1 heterocycles. The van der Waals surface area contributed by atoms with Crippen LogP contribution in [0.25, 0.3) is 6.08 Å². The van der Waals surface area contributed by atoms with Crippen LogP contribution < -0.4 is 19.5 Å². The average Bonchev–Trinajstić information content (AvgIpc) is 3.21. The third kappa shape index (κ3) is 6.34. The Kier molecular flexibility index (Phi) is 8.06. The highest BCUT2D eigenvalue weighted by atomic mass is 32.1. The largest absolute Gasteiger partial charge is 0.493 e. The first kappa shape index (κ1) is 23.8. The maximum atomic E-state index is 12.4. The molecule has 7 nitrogen and oxygen atoms in total. The Bertz CT molecular complexity index is 1190. The number of thiazole rings is 1. The molecule has 1 N–H and O–H groups in total. The van der Waals surface area contributed by atoms with Gasteiger partial charge in [0.25, 0.3) is 5.91 Å². The molecule has 33 heavy (non-hydrogen) atoms. The van der Waals surface area contributed by atoms with Gasteiger partial charge in [-0.2, -0.15) is 5.26 Å². The van der Waals surface area contributed by atoms with Crippen molar-refractivity contribution in [1.82, 2.24) is 4.98 Å². The molecule has 0 atom stereocenters. The molecule has 0 aliphatic heterocycles. The summed E-state index contributed by atoms with van der Waals surface area (Å²) in [6.45, 7) is 6.56. The Labute approximate surface area is 197 Å². The third-order valence-corrected chi connectivity index (χ3v) is 5.57. The van der Waals surface area contributed by atoms with Gasteiger partial charge in [-0.15, -0.1) is 11.3 Å². The lowest BCUT2D eigenvalue weighted by Gasteiger charge is -2.14. The van der Waals surface area contributed by atoms with Gasteiger partial charge >= 0.3 is 0 Å². The number of anilines is 1. The van der Waals surface area contributed by atoms with Crippen LogP contribution in [0, 0.1) is 32.1 Å². The van der Waals surface area contributed by atoms with Crippen molar-refractivity contribution in [3.05, 3.63) is 69.7 Å². The van der Waals surface area contributed by atoms with Crippen molar-refractivity contribution in [2.45, 2.75) is 20.8 Å². The van der Waals surface area contributed by atoms with Crippen molar-refractivity contribution in [3.63, 3.8) is 0 Å². The number of rotatable bonds is 9. The number of ether oxygens (including phenoxy) is 3. The standard InChI is InChI=1S/C25H25N3O4S/c1-16-6-5-7-17(2)23(16)32-11-10-31-21-9-8-19(13-22(21)30-4)12-20(14-26)24(29)28-25-27-18(3)15-33-25/h5-9,12-13,15H,10-11H2,1-4H3,(H,27,28,29)/b20-12+. The van der Waals surface area contributed by atoms with Crippen molar-refractivity contribution >= 4 is 28.5 Å². The minimum absolute atomic E-state index is 0.0411. The van der Waals surface area contributed by atoms with E-state index in [2.05, 4.69) is 10.3 Å². The number of carbonyl (C=O) groups is 1. The average molecular weight is 464 g/mol. The number of aromatic nitrogens is 1. The molecule has 1 amide bonds. The molecule has 0 unspecified atom stereocenters. The quantitative estimate of drug-likeness (QED) is 0.270. The Morgan fingerprint density at radius 2 is 1.85 bits per heavy atom. The fourth-order valence-corrected chi connectivity index (χ4v) is 3.79. The maximum Gasteiger partial charge on any atom is 0.268 e. The second kappa shape index (κ2) is 11.2. The Morgan fingerprint density at radius 1 is 1.12 bits per heavy atom. The summed E-state index contributed by atoms with van der Waals surface area (Å²) in [6, 6.07) is 13.1. The topological polar surface area (TPSA) is 93.5 Å². The van der Waals surface area contributed by atoms with Crippen molar-refractivity contribution in [1.29, 1.82) is 5.26 Å². The van der Waals surface area contributed by atoms with Crippen LogP contribution in [0.3, 0.4) is 0 Å². The molecule has 0 aliphatic carbocycles. The Hall–Kier alpha value is -3.83. The molecule has 0 saturated carbocycles. The lowest BCUT2D eigenvalue weighted by atomic mass is 10.1. The van der Waals surface area contributed by atoms with E-state index >= 15 is 0 Å². The molecule has 3 rings (SSSR count). The molecule has 2 aromatic carbocycles. The van der Waals surface area contributed by atoms with Gasteiger partial charge in [0.1, 0.15) is 30.6 Å². The molecular weight excluding hydrogens is 438 g/mol. The fraction of sp³-hybridized carbons (Fsp3) is 0.240. The Morgan fingerprint density at radius 3 is 2.48 bits per heavy atom. The smallest absolute Gasteiger partial charge is 0.268 e. The second-order valence-electron chi connectivity index (χ2n) is 7.25. The minimum atomic E-state index is -0.519. The number of nitriles is 1. The first-order chi connectivity index (χ1) is 15.9. The summed E-state index contributed by atoms with van der Waals surface area (Å²) in [7, 11) is 1.53. The molecule has 3 aromatic rings. The number of nitrogens with zero attached hydrogens (tertiary/aromatic N) is 2. The van der Waals surface area contributed by atoms with Crippen LogP contribution in [0.1, 0.15) is 22.4 Å². The first-order valence-corrected chi connectivity index (χ1v) is 11.1. The zero-order chi connectivity index (χ0) is 23.8. The molecule has 8 heteroatoms. The third-order valence-electron chi connectivity index (χ3n) is 4.70. The van der Waals surface area contributed by atoms with Gasteiger partial charge in [-0.3, -0.25) is 10.1 Å². The number of aryl methyl sites for hydroxylation is 3. The van der Waals surface area contributed by atoms with Crippen LogP contribution in [0.15, 0.2) is 47.4 Å². The predicted molar refractivity (Wildman–Crippen MR) is 129 cm³/mol. The number of amides is 1. The van der Waals surface area contributed by atoms with E-state index in [9.17, 15) is 10.1 Å². The fourth-order valence-electron chi connectivity index (χ4n) is 3.11. The molecule has 0 spiro atoms. The lowest BCUT2D eigenvalue weighted by Crippen LogP contribution is -2.13. The molecule has 0 aliphatic rings. The van der Waals surface area contributed by atoms with Crippen LogP contribution in [-0.2, 0) is 4.79 Å². The van der Waals surface area contributed by atoms with Gasteiger partial charge in [0.2, 0.25) is 0 Å². The monoisotopic (exact) mass is 463 g/mol. The summed E-state index contributed by atoms with van der Waals surface area (Å²) in [4.78, 5) is 16.6. The van der Waals surface area contributed by atoms with Gasteiger partial charge in [0.15, 0.2) is 16.6 Å². The molecule has 0 radical (unpaired) electrons. The highest BCUT2D eigenvalue weighted by Crippen LogP contribution is 2.29. The summed E-state index contributed by atoms with van der Waals surface area (Å²) in [5, 5.41) is 14.3. The Balaban J connectivity index is 1.64. The number of para-hydroxylation sites is 1. The summed E-state index contributed by atoms with van der Waals surface area (Å²) in [5.74, 6) is 1.38. The summed E-state index contributed by atoms with van der Waals surface area (Å²) in [5.41, 5.74) is 3.54. The molecule has 170 valence electrons. The number of benzene rings is 2. The number of hydrogen-bond acceptors (Lipinski definition) is 7.